The third-order valence-corrected chi connectivity index (χ3v) is 4.11. The summed E-state index contributed by atoms with van der Waals surface area (Å²) in [4.78, 5) is 12.8. The van der Waals surface area contributed by atoms with Crippen LogP contribution in [0.1, 0.15) is 19.4 Å². The second-order valence-corrected chi connectivity index (χ2v) is 5.80. The molecule has 5 heteroatoms. The van der Waals surface area contributed by atoms with Gasteiger partial charge in [-0.3, -0.25) is 4.90 Å². The van der Waals surface area contributed by atoms with Crippen LogP contribution in [-0.2, 0) is 4.79 Å². The Hall–Kier alpha value is -1.32. The van der Waals surface area contributed by atoms with Gasteiger partial charge in [-0.25, -0.2) is 4.79 Å². The Morgan fingerprint density at radius 1 is 1.43 bits per heavy atom. The van der Waals surface area contributed by atoms with E-state index in [0.29, 0.717) is 29.5 Å². The Kier molecular flexibility index (Phi) is 5.83. The highest BCUT2D eigenvalue weighted by Gasteiger charge is 2.23. The second kappa shape index (κ2) is 7.62. The summed E-state index contributed by atoms with van der Waals surface area (Å²) in [6.07, 6.45) is 1.36. The maximum Gasteiger partial charge on any atom is 0.138 e. The van der Waals surface area contributed by atoms with Crippen LogP contribution in [-0.4, -0.2) is 49.2 Å². The van der Waals surface area contributed by atoms with Crippen molar-refractivity contribution in [2.24, 2.45) is 0 Å². The van der Waals surface area contributed by atoms with Crippen molar-refractivity contribution < 1.29 is 9.53 Å². The van der Waals surface area contributed by atoms with Crippen LogP contribution in [0.3, 0.4) is 0 Å². The van der Waals surface area contributed by atoms with E-state index in [2.05, 4.69) is 24.1 Å². The van der Waals surface area contributed by atoms with Gasteiger partial charge in [-0.2, -0.15) is 0 Å². The number of rotatable bonds is 5. The molecule has 0 spiro atoms. The fourth-order valence-electron chi connectivity index (χ4n) is 2.66. The Balaban J connectivity index is 1.93. The van der Waals surface area contributed by atoms with Crippen LogP contribution >= 0.6 is 11.6 Å². The first kappa shape index (κ1) is 16.1. The summed E-state index contributed by atoms with van der Waals surface area (Å²) in [7, 11) is 0. The molecule has 114 valence electrons. The summed E-state index contributed by atoms with van der Waals surface area (Å²) in [5.74, 6) is 2.37. The van der Waals surface area contributed by atoms with Crippen LogP contribution in [0, 0.1) is 0 Å². The predicted octanol–water partition coefficient (Wildman–Crippen LogP) is 2.25. The Bertz CT molecular complexity index is 519. The van der Waals surface area contributed by atoms with Crippen molar-refractivity contribution in [3.8, 4) is 5.75 Å². The van der Waals surface area contributed by atoms with Crippen LogP contribution in [0.15, 0.2) is 18.2 Å². The summed E-state index contributed by atoms with van der Waals surface area (Å²) < 4.78 is 5.78. The lowest BCUT2D eigenvalue weighted by molar-refractivity contribution is 0.0966. The van der Waals surface area contributed by atoms with Gasteiger partial charge in [0.15, 0.2) is 0 Å². The number of carbonyl (C=O) groups excluding carboxylic acids is 1. The quantitative estimate of drug-likeness (QED) is 0.847. The first-order valence-electron chi connectivity index (χ1n) is 7.21. The highest BCUT2D eigenvalue weighted by atomic mass is 35.5. The highest BCUT2D eigenvalue weighted by molar-refractivity contribution is 6.32. The number of nitrogens with one attached hydrogen (secondary N) is 1. The molecule has 1 fully saturated rings. The molecular weight excluding hydrogens is 288 g/mol. The summed E-state index contributed by atoms with van der Waals surface area (Å²) in [5.41, 5.74) is 0.744. The van der Waals surface area contributed by atoms with Crippen molar-refractivity contribution in [3.63, 3.8) is 0 Å². The van der Waals surface area contributed by atoms with Gasteiger partial charge in [0, 0.05) is 37.8 Å². The molecule has 2 rings (SSSR count). The van der Waals surface area contributed by atoms with Crippen LogP contribution in [0.4, 0.5) is 0 Å². The van der Waals surface area contributed by atoms with Gasteiger partial charge in [0.25, 0.3) is 0 Å². The van der Waals surface area contributed by atoms with E-state index in [1.165, 1.54) is 6.08 Å². The number of benzene rings is 1. The second-order valence-electron chi connectivity index (χ2n) is 5.39. The van der Waals surface area contributed by atoms with Gasteiger partial charge in [-0.05, 0) is 31.5 Å². The van der Waals surface area contributed by atoms with Crippen molar-refractivity contribution in [1.29, 1.82) is 0 Å². The van der Waals surface area contributed by atoms with Gasteiger partial charge in [-0.1, -0.05) is 17.7 Å². The third kappa shape index (κ3) is 4.32. The molecule has 1 aromatic carbocycles. The normalized spacial score (nSPS) is 22.6. The fraction of sp³-hybridized carbons (Fsp3) is 0.500. The van der Waals surface area contributed by atoms with E-state index >= 15 is 0 Å². The minimum absolute atomic E-state index is 0.497. The minimum Gasteiger partial charge on any atom is -0.491 e. The van der Waals surface area contributed by atoms with Gasteiger partial charge >= 0.3 is 0 Å². The van der Waals surface area contributed by atoms with Crippen LogP contribution in [0.2, 0.25) is 5.02 Å². The average Bonchev–Trinajstić information content (AvgIpc) is 2.45. The van der Waals surface area contributed by atoms with Crippen molar-refractivity contribution in [2.45, 2.75) is 25.9 Å². The molecule has 21 heavy (non-hydrogen) atoms. The molecule has 0 radical (unpaired) electrons. The van der Waals surface area contributed by atoms with Crippen molar-refractivity contribution in [2.75, 3.05) is 26.2 Å². The van der Waals surface area contributed by atoms with E-state index in [4.69, 9.17) is 16.3 Å². The first-order chi connectivity index (χ1) is 10.1. The number of hydrogen-bond donors (Lipinski definition) is 1. The van der Waals surface area contributed by atoms with Gasteiger partial charge in [0.1, 0.15) is 18.3 Å². The molecule has 1 aliphatic heterocycles. The van der Waals surface area contributed by atoms with Gasteiger partial charge < -0.3 is 10.1 Å². The molecule has 0 amide bonds. The SMILES string of the molecule is CC1CNCC(C)N1CCOc1cc(C=C=O)ccc1Cl. The maximum atomic E-state index is 10.4. The molecule has 2 unspecified atom stereocenters. The minimum atomic E-state index is 0.497. The lowest BCUT2D eigenvalue weighted by Gasteiger charge is -2.39. The summed E-state index contributed by atoms with van der Waals surface area (Å²) in [5, 5.41) is 3.96. The largest absolute Gasteiger partial charge is 0.491 e. The standard InChI is InChI=1S/C16H21ClN2O2/c1-12-10-18-11-13(2)19(12)6-8-21-16-9-14(5-7-20)3-4-15(16)17/h3-5,9,12-13,18H,6,8,10-11H2,1-2H3. The maximum absolute atomic E-state index is 10.4. The lowest BCUT2D eigenvalue weighted by atomic mass is 10.1. The van der Waals surface area contributed by atoms with Gasteiger partial charge in [0.05, 0.1) is 5.02 Å². The zero-order valence-corrected chi connectivity index (χ0v) is 13.2. The zero-order valence-electron chi connectivity index (χ0n) is 12.4. The van der Waals surface area contributed by atoms with Crippen LogP contribution in [0.5, 0.6) is 5.75 Å². The zero-order chi connectivity index (χ0) is 15.2. The number of nitrogens with zero attached hydrogens (tertiary/aromatic N) is 1. The van der Waals surface area contributed by atoms with Crippen LogP contribution in [0.25, 0.3) is 6.08 Å². The Labute approximate surface area is 130 Å². The third-order valence-electron chi connectivity index (χ3n) is 3.80. The topological polar surface area (TPSA) is 41.6 Å². The average molecular weight is 309 g/mol. The number of hydrogen-bond acceptors (Lipinski definition) is 4. The molecule has 1 heterocycles. The molecule has 0 saturated carbocycles. The van der Waals surface area contributed by atoms with Crippen molar-refractivity contribution in [3.05, 3.63) is 28.8 Å². The van der Waals surface area contributed by atoms with Gasteiger partial charge in [-0.15, -0.1) is 0 Å². The number of piperazine rings is 1. The van der Waals surface area contributed by atoms with E-state index in [1.54, 1.807) is 24.1 Å². The molecule has 4 nitrogen and oxygen atoms in total. The van der Waals surface area contributed by atoms with Crippen molar-refractivity contribution in [1.82, 2.24) is 10.2 Å². The van der Waals surface area contributed by atoms with Gasteiger partial charge in [0.2, 0.25) is 0 Å². The lowest BCUT2D eigenvalue weighted by Crippen LogP contribution is -2.55. The van der Waals surface area contributed by atoms with E-state index in [9.17, 15) is 4.79 Å². The monoisotopic (exact) mass is 308 g/mol. The predicted molar refractivity (Wildman–Crippen MR) is 85.6 cm³/mol. The van der Waals surface area contributed by atoms with E-state index in [0.717, 1.165) is 25.2 Å². The fourth-order valence-corrected chi connectivity index (χ4v) is 2.83. The molecule has 0 bridgehead atoms. The molecule has 2 atom stereocenters. The molecule has 0 aromatic heterocycles. The summed E-state index contributed by atoms with van der Waals surface area (Å²) >= 11 is 6.11. The molecule has 1 saturated heterocycles. The van der Waals surface area contributed by atoms with Crippen molar-refractivity contribution >= 4 is 23.6 Å². The highest BCUT2D eigenvalue weighted by Crippen LogP contribution is 2.26. The molecule has 0 aliphatic carbocycles. The van der Waals surface area contributed by atoms with E-state index in [-0.39, 0.29) is 0 Å². The van der Waals surface area contributed by atoms with Crippen LogP contribution < -0.4 is 10.1 Å². The molecule has 1 aromatic rings. The Morgan fingerprint density at radius 2 is 2.14 bits per heavy atom. The van der Waals surface area contributed by atoms with E-state index in [1.807, 2.05) is 0 Å². The molecule has 1 aliphatic rings. The molecular formula is C16H21ClN2O2. The first-order valence-corrected chi connectivity index (χ1v) is 7.59. The molecule has 1 N–H and O–H groups in total. The number of halogens is 1. The smallest absolute Gasteiger partial charge is 0.138 e. The summed E-state index contributed by atoms with van der Waals surface area (Å²) in [6, 6.07) is 6.25. The number of ether oxygens (including phenoxy) is 1. The Morgan fingerprint density at radius 3 is 2.81 bits per heavy atom. The summed E-state index contributed by atoms with van der Waals surface area (Å²) in [6.45, 7) is 7.86. The van der Waals surface area contributed by atoms with E-state index < -0.39 is 0 Å².